The number of aromatic nitrogens is 2. The van der Waals surface area contributed by atoms with Gasteiger partial charge < -0.3 is 19.2 Å². The van der Waals surface area contributed by atoms with Gasteiger partial charge in [-0.3, -0.25) is 9.59 Å². The predicted molar refractivity (Wildman–Crippen MR) is 110 cm³/mol. The normalized spacial score (nSPS) is 10.4. The molecule has 0 saturated heterocycles. The van der Waals surface area contributed by atoms with Crippen molar-refractivity contribution in [2.75, 3.05) is 19.0 Å². The van der Waals surface area contributed by atoms with Gasteiger partial charge in [-0.25, -0.2) is 4.79 Å². The summed E-state index contributed by atoms with van der Waals surface area (Å²) in [5.74, 6) is -0.854. The van der Waals surface area contributed by atoms with Crippen LogP contribution in [0, 0.1) is 6.92 Å². The minimum atomic E-state index is -0.564. The van der Waals surface area contributed by atoms with Gasteiger partial charge in [-0.15, -0.1) is 10.2 Å². The number of anilines is 1. The third-order valence-corrected chi connectivity index (χ3v) is 4.26. The molecule has 0 fully saturated rings. The highest BCUT2D eigenvalue weighted by Gasteiger charge is 2.13. The summed E-state index contributed by atoms with van der Waals surface area (Å²) in [6.45, 7) is 1.55. The zero-order chi connectivity index (χ0) is 22.2. The van der Waals surface area contributed by atoms with Crippen molar-refractivity contribution in [1.29, 1.82) is 0 Å². The van der Waals surface area contributed by atoms with Crippen LogP contribution in [-0.4, -0.2) is 41.8 Å². The molecule has 31 heavy (non-hydrogen) atoms. The number of amides is 1. The molecule has 160 valence electrons. The number of carbonyl (C=O) groups is 3. The molecule has 0 bridgehead atoms. The van der Waals surface area contributed by atoms with Gasteiger partial charge in [0.2, 0.25) is 11.8 Å². The Bertz CT molecular complexity index is 1060. The third-order valence-electron chi connectivity index (χ3n) is 4.26. The number of nitrogens with zero attached hydrogens (tertiary/aromatic N) is 2. The lowest BCUT2D eigenvalue weighted by Crippen LogP contribution is -2.21. The number of nitrogens with one attached hydrogen (secondary N) is 1. The molecule has 9 heteroatoms. The molecule has 1 amide bonds. The molecule has 3 rings (SSSR count). The second-order valence-corrected chi connectivity index (χ2v) is 6.64. The van der Waals surface area contributed by atoms with Gasteiger partial charge in [-0.2, -0.15) is 0 Å². The summed E-state index contributed by atoms with van der Waals surface area (Å²) in [5, 5.41) is 10.5. The Balaban J connectivity index is 1.41. The van der Waals surface area contributed by atoms with E-state index in [-0.39, 0.29) is 12.8 Å². The molecule has 0 atom stereocenters. The minimum absolute atomic E-state index is 0.00334. The summed E-state index contributed by atoms with van der Waals surface area (Å²) in [6, 6.07) is 13.8. The molecule has 0 spiro atoms. The summed E-state index contributed by atoms with van der Waals surface area (Å²) in [4.78, 5) is 35.2. The first kappa shape index (κ1) is 21.7. The Morgan fingerprint density at radius 1 is 1.00 bits per heavy atom. The number of aryl methyl sites for hydroxylation is 2. The highest BCUT2D eigenvalue weighted by atomic mass is 16.5. The largest absolute Gasteiger partial charge is 0.465 e. The van der Waals surface area contributed by atoms with Gasteiger partial charge in [0.1, 0.15) is 0 Å². The average Bonchev–Trinajstić information content (AvgIpc) is 3.26. The molecule has 0 saturated carbocycles. The van der Waals surface area contributed by atoms with Crippen molar-refractivity contribution in [2.45, 2.75) is 19.8 Å². The summed E-state index contributed by atoms with van der Waals surface area (Å²) >= 11 is 0. The fraction of sp³-hybridized carbons (Fsp3) is 0.227. The molecule has 1 aromatic heterocycles. The third kappa shape index (κ3) is 6.23. The maximum Gasteiger partial charge on any atom is 0.337 e. The summed E-state index contributed by atoms with van der Waals surface area (Å²) in [7, 11) is 1.29. The standard InChI is InChI=1S/C22H21N3O6/c1-14-3-5-15(6-4-14)21-25-24-19(31-21)11-12-20(27)30-13-18(26)23-17-9-7-16(8-10-17)22(28)29-2/h3-10H,11-13H2,1-2H3,(H,23,26). The molecule has 1 N–H and O–H groups in total. The summed E-state index contributed by atoms with van der Waals surface area (Å²) in [6.07, 6.45) is 0.199. The van der Waals surface area contributed by atoms with Crippen LogP contribution in [0.1, 0.15) is 28.2 Å². The summed E-state index contributed by atoms with van der Waals surface area (Å²) < 4.78 is 15.1. The highest BCUT2D eigenvalue weighted by molar-refractivity contribution is 5.94. The second kappa shape index (κ2) is 10.1. The molecule has 0 aliphatic heterocycles. The van der Waals surface area contributed by atoms with Gasteiger partial charge in [0.05, 0.1) is 19.1 Å². The molecular formula is C22H21N3O6. The molecular weight excluding hydrogens is 402 g/mol. The Morgan fingerprint density at radius 2 is 1.71 bits per heavy atom. The van der Waals surface area contributed by atoms with Crippen molar-refractivity contribution in [3.8, 4) is 11.5 Å². The van der Waals surface area contributed by atoms with E-state index in [2.05, 4.69) is 20.3 Å². The predicted octanol–water partition coefficient (Wildman–Crippen LogP) is 2.95. The van der Waals surface area contributed by atoms with Gasteiger partial charge in [0, 0.05) is 17.7 Å². The van der Waals surface area contributed by atoms with Crippen LogP contribution in [0.15, 0.2) is 52.9 Å². The second-order valence-electron chi connectivity index (χ2n) is 6.64. The molecule has 9 nitrogen and oxygen atoms in total. The van der Waals surface area contributed by atoms with Crippen LogP contribution in [0.3, 0.4) is 0 Å². The van der Waals surface area contributed by atoms with Crippen LogP contribution in [0.4, 0.5) is 5.69 Å². The van der Waals surface area contributed by atoms with Crippen LogP contribution in [0.2, 0.25) is 0 Å². The Labute approximate surface area is 178 Å². The maximum absolute atomic E-state index is 11.9. The maximum atomic E-state index is 11.9. The van der Waals surface area contributed by atoms with Crippen molar-refractivity contribution < 1.29 is 28.3 Å². The SMILES string of the molecule is COC(=O)c1ccc(NC(=O)COC(=O)CCc2nnc(-c3ccc(C)cc3)o2)cc1. The molecule has 3 aromatic rings. The number of carbonyl (C=O) groups excluding carboxylic acids is 3. The molecule has 0 aliphatic carbocycles. The lowest BCUT2D eigenvalue weighted by Gasteiger charge is -2.07. The topological polar surface area (TPSA) is 121 Å². The first-order chi connectivity index (χ1) is 14.9. The molecule has 0 aliphatic rings. The summed E-state index contributed by atoms with van der Waals surface area (Å²) in [5.41, 5.74) is 2.73. The van der Waals surface area contributed by atoms with E-state index in [4.69, 9.17) is 9.15 Å². The zero-order valence-electron chi connectivity index (χ0n) is 17.1. The van der Waals surface area contributed by atoms with Gasteiger partial charge in [-0.1, -0.05) is 17.7 Å². The van der Waals surface area contributed by atoms with Gasteiger partial charge in [0.15, 0.2) is 6.61 Å². The number of esters is 2. The smallest absolute Gasteiger partial charge is 0.337 e. The fourth-order valence-corrected chi connectivity index (χ4v) is 2.60. The van der Waals surface area contributed by atoms with Crippen LogP contribution < -0.4 is 5.32 Å². The molecule has 0 radical (unpaired) electrons. The molecule has 0 unspecified atom stereocenters. The van der Waals surface area contributed by atoms with Crippen LogP contribution in [0.25, 0.3) is 11.5 Å². The first-order valence-corrected chi connectivity index (χ1v) is 9.48. The van der Waals surface area contributed by atoms with E-state index in [1.54, 1.807) is 12.1 Å². The van der Waals surface area contributed by atoms with Crippen LogP contribution in [0.5, 0.6) is 0 Å². The van der Waals surface area contributed by atoms with Gasteiger partial charge in [0.25, 0.3) is 5.91 Å². The van der Waals surface area contributed by atoms with Crippen molar-refractivity contribution in [3.05, 3.63) is 65.5 Å². The number of methoxy groups -OCH3 is 1. The van der Waals surface area contributed by atoms with Crippen molar-refractivity contribution >= 4 is 23.5 Å². The van der Waals surface area contributed by atoms with Crippen molar-refractivity contribution in [1.82, 2.24) is 10.2 Å². The van der Waals surface area contributed by atoms with E-state index >= 15 is 0 Å². The quantitative estimate of drug-likeness (QED) is 0.549. The number of hydrogen-bond acceptors (Lipinski definition) is 8. The van der Waals surface area contributed by atoms with Crippen LogP contribution >= 0.6 is 0 Å². The monoisotopic (exact) mass is 423 g/mol. The lowest BCUT2D eigenvalue weighted by molar-refractivity contribution is -0.147. The fourth-order valence-electron chi connectivity index (χ4n) is 2.60. The van der Waals surface area contributed by atoms with Gasteiger partial charge in [-0.05, 0) is 43.3 Å². The Kier molecular flexibility index (Phi) is 7.10. The van der Waals surface area contributed by atoms with Crippen molar-refractivity contribution in [2.24, 2.45) is 0 Å². The van der Waals surface area contributed by atoms with E-state index < -0.39 is 24.5 Å². The molecule has 1 heterocycles. The Morgan fingerprint density at radius 3 is 2.39 bits per heavy atom. The van der Waals surface area contributed by atoms with E-state index in [9.17, 15) is 14.4 Å². The number of rotatable bonds is 8. The minimum Gasteiger partial charge on any atom is -0.465 e. The average molecular weight is 423 g/mol. The van der Waals surface area contributed by atoms with Crippen molar-refractivity contribution in [3.63, 3.8) is 0 Å². The van der Waals surface area contributed by atoms with E-state index in [1.807, 2.05) is 31.2 Å². The number of benzene rings is 2. The van der Waals surface area contributed by atoms with E-state index in [0.29, 0.717) is 23.0 Å². The number of ether oxygens (including phenoxy) is 2. The Hall–Kier alpha value is -4.01. The number of hydrogen-bond donors (Lipinski definition) is 1. The van der Waals surface area contributed by atoms with Crippen LogP contribution in [-0.2, 0) is 25.5 Å². The lowest BCUT2D eigenvalue weighted by atomic mass is 10.1. The highest BCUT2D eigenvalue weighted by Crippen LogP contribution is 2.18. The zero-order valence-corrected chi connectivity index (χ0v) is 17.1. The van der Waals surface area contributed by atoms with Gasteiger partial charge >= 0.3 is 11.9 Å². The van der Waals surface area contributed by atoms with E-state index in [0.717, 1.165) is 11.1 Å². The first-order valence-electron chi connectivity index (χ1n) is 9.48. The van der Waals surface area contributed by atoms with E-state index in [1.165, 1.54) is 19.2 Å². The molecule has 2 aromatic carbocycles.